The number of hydrogen-bond acceptors (Lipinski definition) is 0. The van der Waals surface area contributed by atoms with Crippen LogP contribution in [0, 0.1) is 5.92 Å². The third kappa shape index (κ3) is 4.10. The molecule has 0 bridgehead atoms. The first-order valence-corrected chi connectivity index (χ1v) is 3.42. The highest BCUT2D eigenvalue weighted by Crippen LogP contribution is 2.42. The summed E-state index contributed by atoms with van der Waals surface area (Å²) in [6.07, 6.45) is -15.9. The van der Waals surface area contributed by atoms with E-state index >= 15 is 0 Å². The molecule has 0 aliphatic heterocycles. The van der Waals surface area contributed by atoms with Gasteiger partial charge < -0.3 is 0 Å². The maximum absolute atomic E-state index is 12.1. The van der Waals surface area contributed by atoms with E-state index in [0.717, 1.165) is 0 Å². The minimum Gasteiger partial charge on any atom is -0.248 e. The van der Waals surface area contributed by atoms with Crippen LogP contribution in [0.2, 0.25) is 0 Å². The second kappa shape index (κ2) is 4.31. The standard InChI is InChI=1S/C6H6F8/c7-2-3(8)1-4(5(9,10)11)6(12,13)14/h3-4H,1-2H2. The Morgan fingerprint density at radius 2 is 1.21 bits per heavy atom. The summed E-state index contributed by atoms with van der Waals surface area (Å²) < 4.78 is 93.7. The molecule has 0 nitrogen and oxygen atoms in total. The monoisotopic (exact) mass is 230 g/mol. The molecule has 0 radical (unpaired) electrons. The van der Waals surface area contributed by atoms with Crippen molar-refractivity contribution in [3.63, 3.8) is 0 Å². The Hall–Kier alpha value is -0.560. The van der Waals surface area contributed by atoms with Crippen LogP contribution in [-0.2, 0) is 0 Å². The molecule has 14 heavy (non-hydrogen) atoms. The molecule has 0 aromatic heterocycles. The lowest BCUT2D eigenvalue weighted by Gasteiger charge is -2.23. The van der Waals surface area contributed by atoms with Crippen LogP contribution in [0.4, 0.5) is 35.1 Å². The Morgan fingerprint density at radius 3 is 1.43 bits per heavy atom. The molecule has 0 aromatic rings. The van der Waals surface area contributed by atoms with Gasteiger partial charge in [-0.25, -0.2) is 8.78 Å². The van der Waals surface area contributed by atoms with Crippen molar-refractivity contribution >= 4 is 0 Å². The summed E-state index contributed by atoms with van der Waals surface area (Å²) >= 11 is 0. The largest absolute Gasteiger partial charge is 0.400 e. The molecule has 0 amide bonds. The molecule has 0 aromatic carbocycles. The van der Waals surface area contributed by atoms with E-state index in [-0.39, 0.29) is 0 Å². The number of hydrogen-bond donors (Lipinski definition) is 0. The van der Waals surface area contributed by atoms with Gasteiger partial charge in [-0.1, -0.05) is 0 Å². The van der Waals surface area contributed by atoms with Gasteiger partial charge in [0.15, 0.2) is 5.92 Å². The molecule has 0 spiro atoms. The molecule has 86 valence electrons. The molecule has 0 aliphatic carbocycles. The molecule has 0 fully saturated rings. The fraction of sp³-hybridized carbons (Fsp3) is 1.00. The molecule has 0 saturated heterocycles. The van der Waals surface area contributed by atoms with Gasteiger partial charge >= 0.3 is 12.4 Å². The Balaban J connectivity index is 4.59. The van der Waals surface area contributed by atoms with Gasteiger partial charge in [0.25, 0.3) is 0 Å². The second-order valence-electron chi connectivity index (χ2n) is 2.62. The minimum atomic E-state index is -5.60. The fourth-order valence-corrected chi connectivity index (χ4v) is 0.772. The molecular formula is C6H6F8. The average Bonchev–Trinajstić information content (AvgIpc) is 1.95. The van der Waals surface area contributed by atoms with Crippen molar-refractivity contribution in [2.45, 2.75) is 24.9 Å². The quantitative estimate of drug-likeness (QED) is 0.651. The number of alkyl halides is 8. The van der Waals surface area contributed by atoms with E-state index in [1.54, 1.807) is 0 Å². The Labute approximate surface area is 73.9 Å². The number of halogens is 8. The van der Waals surface area contributed by atoms with Crippen molar-refractivity contribution in [1.82, 2.24) is 0 Å². The molecule has 0 heterocycles. The first-order chi connectivity index (χ1) is 6.09. The van der Waals surface area contributed by atoms with Crippen LogP contribution in [0.5, 0.6) is 0 Å². The van der Waals surface area contributed by atoms with Crippen LogP contribution < -0.4 is 0 Å². The lowest BCUT2D eigenvalue weighted by Crippen LogP contribution is -2.38. The molecule has 0 saturated carbocycles. The Bertz CT molecular complexity index is 154. The summed E-state index contributed by atoms with van der Waals surface area (Å²) in [6, 6.07) is 0. The van der Waals surface area contributed by atoms with E-state index < -0.39 is 37.5 Å². The summed E-state index contributed by atoms with van der Waals surface area (Å²) in [5.74, 6) is -3.80. The van der Waals surface area contributed by atoms with Gasteiger partial charge in [0.1, 0.15) is 12.8 Å². The topological polar surface area (TPSA) is 0 Å². The zero-order valence-corrected chi connectivity index (χ0v) is 6.59. The Kier molecular flexibility index (Phi) is 4.14. The van der Waals surface area contributed by atoms with Crippen LogP contribution in [0.1, 0.15) is 6.42 Å². The third-order valence-electron chi connectivity index (χ3n) is 1.45. The van der Waals surface area contributed by atoms with Gasteiger partial charge in [-0.2, -0.15) is 26.3 Å². The molecule has 8 heteroatoms. The van der Waals surface area contributed by atoms with Gasteiger partial charge in [-0.3, -0.25) is 0 Å². The van der Waals surface area contributed by atoms with Crippen LogP contribution >= 0.6 is 0 Å². The summed E-state index contributed by atoms with van der Waals surface area (Å²) in [6.45, 7) is -1.86. The predicted molar refractivity (Wildman–Crippen MR) is 31.1 cm³/mol. The van der Waals surface area contributed by atoms with Crippen LogP contribution in [0.25, 0.3) is 0 Å². The molecular weight excluding hydrogens is 224 g/mol. The van der Waals surface area contributed by atoms with Crippen molar-refractivity contribution in [3.05, 3.63) is 0 Å². The second-order valence-corrected chi connectivity index (χ2v) is 2.62. The van der Waals surface area contributed by atoms with Crippen molar-refractivity contribution in [2.24, 2.45) is 5.92 Å². The lowest BCUT2D eigenvalue weighted by molar-refractivity contribution is -0.288. The molecule has 0 N–H and O–H groups in total. The summed E-state index contributed by atoms with van der Waals surface area (Å²) in [4.78, 5) is 0. The highest BCUT2D eigenvalue weighted by Gasteiger charge is 2.57. The van der Waals surface area contributed by atoms with E-state index in [9.17, 15) is 35.1 Å². The Morgan fingerprint density at radius 1 is 0.857 bits per heavy atom. The van der Waals surface area contributed by atoms with Crippen molar-refractivity contribution in [2.75, 3.05) is 6.67 Å². The van der Waals surface area contributed by atoms with Crippen LogP contribution in [-0.4, -0.2) is 25.2 Å². The summed E-state index contributed by atoms with van der Waals surface area (Å²) in [7, 11) is 0. The smallest absolute Gasteiger partial charge is 0.248 e. The van der Waals surface area contributed by atoms with E-state index in [4.69, 9.17) is 0 Å². The molecule has 1 unspecified atom stereocenters. The fourth-order valence-electron chi connectivity index (χ4n) is 0.772. The van der Waals surface area contributed by atoms with Crippen molar-refractivity contribution < 1.29 is 35.1 Å². The van der Waals surface area contributed by atoms with Crippen molar-refractivity contribution in [1.29, 1.82) is 0 Å². The van der Waals surface area contributed by atoms with Crippen molar-refractivity contribution in [3.8, 4) is 0 Å². The summed E-state index contributed by atoms with van der Waals surface area (Å²) in [5, 5.41) is 0. The first kappa shape index (κ1) is 13.4. The maximum Gasteiger partial charge on any atom is 0.400 e. The lowest BCUT2D eigenvalue weighted by atomic mass is 10.0. The van der Waals surface area contributed by atoms with Crippen LogP contribution in [0.15, 0.2) is 0 Å². The number of rotatable bonds is 3. The average molecular weight is 230 g/mol. The first-order valence-electron chi connectivity index (χ1n) is 3.42. The van der Waals surface area contributed by atoms with Gasteiger partial charge in [0.2, 0.25) is 0 Å². The molecule has 0 rings (SSSR count). The molecule has 1 atom stereocenters. The normalized spacial score (nSPS) is 16.1. The van der Waals surface area contributed by atoms with E-state index in [0.29, 0.717) is 0 Å². The maximum atomic E-state index is 12.1. The van der Waals surface area contributed by atoms with Crippen LogP contribution in [0.3, 0.4) is 0 Å². The van der Waals surface area contributed by atoms with E-state index in [1.165, 1.54) is 0 Å². The van der Waals surface area contributed by atoms with E-state index in [1.807, 2.05) is 0 Å². The van der Waals surface area contributed by atoms with E-state index in [2.05, 4.69) is 0 Å². The van der Waals surface area contributed by atoms with Gasteiger partial charge in [-0.05, 0) is 0 Å². The zero-order chi connectivity index (χ0) is 11.6. The predicted octanol–water partition coefficient (Wildman–Crippen LogP) is 3.42. The summed E-state index contributed by atoms with van der Waals surface area (Å²) in [5.41, 5.74) is 0. The molecule has 0 aliphatic rings. The van der Waals surface area contributed by atoms with Gasteiger partial charge in [-0.15, -0.1) is 0 Å². The SMILES string of the molecule is FCC(F)CC(C(F)(F)F)C(F)(F)F. The minimum absolute atomic E-state index is 1.86. The third-order valence-corrected chi connectivity index (χ3v) is 1.45. The zero-order valence-electron chi connectivity index (χ0n) is 6.59. The highest BCUT2D eigenvalue weighted by atomic mass is 19.4. The van der Waals surface area contributed by atoms with Gasteiger partial charge in [0, 0.05) is 6.42 Å². The highest BCUT2D eigenvalue weighted by molar-refractivity contribution is 4.78. The van der Waals surface area contributed by atoms with Gasteiger partial charge in [0.05, 0.1) is 0 Å².